The van der Waals surface area contributed by atoms with Crippen molar-refractivity contribution >= 4 is 23.2 Å². The molecule has 0 saturated heterocycles. The molecule has 1 aromatic carbocycles. The molecule has 0 heterocycles. The first-order chi connectivity index (χ1) is 7.39. The summed E-state index contributed by atoms with van der Waals surface area (Å²) in [5.41, 5.74) is 6.82. The molecular weight excluding hydrogens is 243 g/mol. The highest BCUT2D eigenvalue weighted by Gasteiger charge is 2.26. The van der Waals surface area contributed by atoms with E-state index in [1.807, 2.05) is 26.2 Å². The number of benzene rings is 1. The number of halogens is 2. The number of rotatable bonds is 4. The summed E-state index contributed by atoms with van der Waals surface area (Å²) in [6.45, 7) is 2.71. The number of nitrogens with two attached hydrogens (primary N) is 1. The molecule has 0 spiro atoms. The second-order valence-electron chi connectivity index (χ2n) is 4.51. The Labute approximate surface area is 107 Å². The highest BCUT2D eigenvalue weighted by molar-refractivity contribution is 6.35. The maximum Gasteiger partial charge on any atom is 0.0453 e. The van der Waals surface area contributed by atoms with E-state index in [1.165, 1.54) is 0 Å². The molecule has 0 aliphatic rings. The maximum atomic E-state index is 6.15. The molecule has 1 rings (SSSR count). The van der Waals surface area contributed by atoms with Crippen LogP contribution in [0.3, 0.4) is 0 Å². The molecular formula is C12H18Cl2N2. The maximum absolute atomic E-state index is 6.15. The van der Waals surface area contributed by atoms with Crippen LogP contribution < -0.4 is 5.73 Å². The van der Waals surface area contributed by atoms with Gasteiger partial charge in [0.25, 0.3) is 0 Å². The van der Waals surface area contributed by atoms with Crippen LogP contribution in [0.2, 0.25) is 10.0 Å². The summed E-state index contributed by atoms with van der Waals surface area (Å²) in [4.78, 5) is 2.12. The summed E-state index contributed by atoms with van der Waals surface area (Å²) in [5, 5.41) is 1.36. The van der Waals surface area contributed by atoms with Gasteiger partial charge < -0.3 is 10.6 Å². The van der Waals surface area contributed by atoms with Crippen molar-refractivity contribution < 1.29 is 0 Å². The van der Waals surface area contributed by atoms with Gasteiger partial charge in [0, 0.05) is 22.1 Å². The van der Waals surface area contributed by atoms with Gasteiger partial charge in [-0.1, -0.05) is 29.3 Å². The lowest BCUT2D eigenvalue weighted by atomic mass is 9.92. The van der Waals surface area contributed by atoms with E-state index >= 15 is 0 Å². The van der Waals surface area contributed by atoms with Crippen molar-refractivity contribution in [1.29, 1.82) is 0 Å². The van der Waals surface area contributed by atoms with Crippen LogP contribution in [-0.4, -0.2) is 31.1 Å². The second kappa shape index (κ2) is 5.37. The minimum atomic E-state index is -0.0858. The molecule has 0 aliphatic heterocycles. The Kier molecular flexibility index (Phi) is 4.62. The number of nitrogens with zero attached hydrogens (tertiary/aromatic N) is 1. The van der Waals surface area contributed by atoms with E-state index in [1.54, 1.807) is 6.07 Å². The van der Waals surface area contributed by atoms with Gasteiger partial charge in [0.2, 0.25) is 0 Å². The molecule has 0 aromatic heterocycles. The molecule has 2 nitrogen and oxygen atoms in total. The van der Waals surface area contributed by atoms with Crippen LogP contribution in [0.4, 0.5) is 0 Å². The van der Waals surface area contributed by atoms with E-state index in [4.69, 9.17) is 28.9 Å². The normalized spacial score (nSPS) is 15.2. The Morgan fingerprint density at radius 3 is 2.38 bits per heavy atom. The van der Waals surface area contributed by atoms with E-state index in [0.717, 1.165) is 12.0 Å². The van der Waals surface area contributed by atoms with Crippen molar-refractivity contribution in [3.63, 3.8) is 0 Å². The molecule has 2 N–H and O–H groups in total. The molecule has 1 unspecified atom stereocenters. The predicted octanol–water partition coefficient (Wildman–Crippen LogP) is 2.81. The Morgan fingerprint density at radius 2 is 1.94 bits per heavy atom. The number of likely N-dealkylation sites (N-methyl/N-ethyl adjacent to an activating group) is 1. The van der Waals surface area contributed by atoms with Gasteiger partial charge in [0.1, 0.15) is 0 Å². The van der Waals surface area contributed by atoms with Crippen molar-refractivity contribution in [2.24, 2.45) is 5.73 Å². The summed E-state index contributed by atoms with van der Waals surface area (Å²) in [6, 6.07) is 5.59. The molecule has 0 bridgehead atoms. The van der Waals surface area contributed by atoms with Crippen LogP contribution >= 0.6 is 23.2 Å². The fraction of sp³-hybridized carbons (Fsp3) is 0.500. The Balaban J connectivity index is 2.95. The zero-order chi connectivity index (χ0) is 12.3. The van der Waals surface area contributed by atoms with E-state index < -0.39 is 0 Å². The average Bonchev–Trinajstić information content (AvgIpc) is 2.22. The van der Waals surface area contributed by atoms with Crippen molar-refractivity contribution in [3.05, 3.63) is 33.8 Å². The quantitative estimate of drug-likeness (QED) is 0.903. The Morgan fingerprint density at radius 1 is 1.31 bits per heavy atom. The SMILES string of the molecule is CN(C)C(C)(CN)Cc1ccc(Cl)cc1Cl. The van der Waals surface area contributed by atoms with Crippen LogP contribution in [0.25, 0.3) is 0 Å². The third-order valence-electron chi connectivity index (χ3n) is 3.11. The topological polar surface area (TPSA) is 29.3 Å². The minimum Gasteiger partial charge on any atom is -0.329 e. The van der Waals surface area contributed by atoms with Crippen molar-refractivity contribution in [2.45, 2.75) is 18.9 Å². The third-order valence-corrected chi connectivity index (χ3v) is 3.69. The molecule has 4 heteroatoms. The average molecular weight is 261 g/mol. The summed E-state index contributed by atoms with van der Waals surface area (Å²) in [5.74, 6) is 0. The predicted molar refractivity (Wildman–Crippen MR) is 71.3 cm³/mol. The highest BCUT2D eigenvalue weighted by atomic mass is 35.5. The van der Waals surface area contributed by atoms with Gasteiger partial charge in [-0.05, 0) is 45.1 Å². The van der Waals surface area contributed by atoms with Crippen LogP contribution in [0.1, 0.15) is 12.5 Å². The summed E-state index contributed by atoms with van der Waals surface area (Å²) >= 11 is 12.0. The van der Waals surface area contributed by atoms with Crippen LogP contribution in [-0.2, 0) is 6.42 Å². The molecule has 0 aliphatic carbocycles. The van der Waals surface area contributed by atoms with Gasteiger partial charge in [0.05, 0.1) is 0 Å². The molecule has 16 heavy (non-hydrogen) atoms. The minimum absolute atomic E-state index is 0.0858. The van der Waals surface area contributed by atoms with Crippen molar-refractivity contribution in [2.75, 3.05) is 20.6 Å². The van der Waals surface area contributed by atoms with E-state index in [9.17, 15) is 0 Å². The monoisotopic (exact) mass is 260 g/mol. The van der Waals surface area contributed by atoms with Gasteiger partial charge in [-0.2, -0.15) is 0 Å². The first-order valence-electron chi connectivity index (χ1n) is 5.20. The molecule has 1 aromatic rings. The summed E-state index contributed by atoms with van der Waals surface area (Å²) < 4.78 is 0. The second-order valence-corrected chi connectivity index (χ2v) is 5.35. The summed E-state index contributed by atoms with van der Waals surface area (Å²) in [6.07, 6.45) is 0.812. The van der Waals surface area contributed by atoms with Gasteiger partial charge in [0.15, 0.2) is 0 Å². The lowest BCUT2D eigenvalue weighted by Crippen LogP contribution is -2.49. The smallest absolute Gasteiger partial charge is 0.0453 e. The first kappa shape index (κ1) is 13.8. The van der Waals surface area contributed by atoms with Gasteiger partial charge in [-0.15, -0.1) is 0 Å². The molecule has 0 amide bonds. The standard InChI is InChI=1S/C12H18Cl2N2/c1-12(8-15,16(2)3)7-9-4-5-10(13)6-11(9)14/h4-6H,7-8,15H2,1-3H3. The van der Waals surface area contributed by atoms with Crippen LogP contribution in [0, 0.1) is 0 Å². The molecule has 0 radical (unpaired) electrons. The lowest BCUT2D eigenvalue weighted by Gasteiger charge is -2.35. The third kappa shape index (κ3) is 3.11. The molecule has 1 atom stereocenters. The Bertz CT molecular complexity index is 366. The zero-order valence-electron chi connectivity index (χ0n) is 9.93. The fourth-order valence-corrected chi connectivity index (χ4v) is 1.96. The molecule has 0 saturated carbocycles. The molecule has 90 valence electrons. The Hall–Kier alpha value is -0.280. The van der Waals surface area contributed by atoms with Crippen molar-refractivity contribution in [1.82, 2.24) is 4.90 Å². The van der Waals surface area contributed by atoms with Crippen LogP contribution in [0.15, 0.2) is 18.2 Å². The number of hydrogen-bond donors (Lipinski definition) is 1. The van der Waals surface area contributed by atoms with E-state index in [-0.39, 0.29) is 5.54 Å². The van der Waals surface area contributed by atoms with E-state index in [0.29, 0.717) is 16.6 Å². The van der Waals surface area contributed by atoms with Gasteiger partial charge >= 0.3 is 0 Å². The molecule has 0 fully saturated rings. The van der Waals surface area contributed by atoms with Gasteiger partial charge in [-0.3, -0.25) is 0 Å². The number of hydrogen-bond acceptors (Lipinski definition) is 2. The lowest BCUT2D eigenvalue weighted by molar-refractivity contribution is 0.181. The fourth-order valence-electron chi connectivity index (χ4n) is 1.49. The summed E-state index contributed by atoms with van der Waals surface area (Å²) in [7, 11) is 4.05. The zero-order valence-corrected chi connectivity index (χ0v) is 11.4. The highest BCUT2D eigenvalue weighted by Crippen LogP contribution is 2.26. The first-order valence-corrected chi connectivity index (χ1v) is 5.96. The van der Waals surface area contributed by atoms with Crippen LogP contribution in [0.5, 0.6) is 0 Å². The largest absolute Gasteiger partial charge is 0.329 e. The van der Waals surface area contributed by atoms with Crippen molar-refractivity contribution in [3.8, 4) is 0 Å². The van der Waals surface area contributed by atoms with Gasteiger partial charge in [-0.25, -0.2) is 0 Å². The van der Waals surface area contributed by atoms with E-state index in [2.05, 4.69) is 11.8 Å².